The Morgan fingerprint density at radius 3 is 2.65 bits per heavy atom. The molecule has 20 heavy (non-hydrogen) atoms. The van der Waals surface area contributed by atoms with Crippen LogP contribution in [0.3, 0.4) is 0 Å². The molecule has 0 fully saturated rings. The van der Waals surface area contributed by atoms with Crippen molar-refractivity contribution < 1.29 is 13.6 Å². The number of halogens is 3. The van der Waals surface area contributed by atoms with Crippen LogP contribution in [-0.2, 0) is 6.42 Å². The van der Waals surface area contributed by atoms with Gasteiger partial charge in [-0.3, -0.25) is 4.79 Å². The van der Waals surface area contributed by atoms with Crippen molar-refractivity contribution in [3.8, 4) is 0 Å². The van der Waals surface area contributed by atoms with Crippen LogP contribution in [0.25, 0.3) is 0 Å². The molecule has 0 aliphatic heterocycles. The molecule has 0 spiro atoms. The highest BCUT2D eigenvalue weighted by atomic mass is 79.9. The van der Waals surface area contributed by atoms with Gasteiger partial charge in [-0.05, 0) is 48.4 Å². The van der Waals surface area contributed by atoms with E-state index in [0.717, 1.165) is 28.2 Å². The normalized spacial score (nSPS) is 10.4. The van der Waals surface area contributed by atoms with E-state index in [1.165, 1.54) is 0 Å². The fourth-order valence-electron chi connectivity index (χ4n) is 1.84. The SMILES string of the molecule is CCc1cc(Br)ccc1NC(=O)c1cc(F)ccc1F. The molecule has 0 bridgehead atoms. The van der Waals surface area contributed by atoms with E-state index in [0.29, 0.717) is 12.1 Å². The number of hydrogen-bond acceptors (Lipinski definition) is 1. The van der Waals surface area contributed by atoms with Crippen molar-refractivity contribution in [1.82, 2.24) is 0 Å². The van der Waals surface area contributed by atoms with Crippen LogP contribution in [0.2, 0.25) is 0 Å². The highest BCUT2D eigenvalue weighted by molar-refractivity contribution is 9.10. The number of benzene rings is 2. The van der Waals surface area contributed by atoms with Crippen LogP contribution in [0, 0.1) is 11.6 Å². The lowest BCUT2D eigenvalue weighted by atomic mass is 10.1. The number of carbonyl (C=O) groups excluding carboxylic acids is 1. The first-order valence-electron chi connectivity index (χ1n) is 6.06. The highest BCUT2D eigenvalue weighted by Crippen LogP contribution is 2.22. The van der Waals surface area contributed by atoms with Crippen molar-refractivity contribution in [3.05, 3.63) is 63.6 Å². The monoisotopic (exact) mass is 339 g/mol. The zero-order valence-electron chi connectivity index (χ0n) is 10.7. The topological polar surface area (TPSA) is 29.1 Å². The minimum absolute atomic E-state index is 0.310. The average Bonchev–Trinajstić information content (AvgIpc) is 2.43. The molecule has 0 aliphatic rings. The van der Waals surface area contributed by atoms with Crippen molar-refractivity contribution in [2.24, 2.45) is 0 Å². The Kier molecular flexibility index (Phi) is 4.49. The summed E-state index contributed by atoms with van der Waals surface area (Å²) in [4.78, 5) is 12.0. The van der Waals surface area contributed by atoms with Gasteiger partial charge in [0.2, 0.25) is 0 Å². The Morgan fingerprint density at radius 1 is 1.20 bits per heavy atom. The van der Waals surface area contributed by atoms with Gasteiger partial charge in [-0.2, -0.15) is 0 Å². The lowest BCUT2D eigenvalue weighted by Gasteiger charge is -2.11. The Hall–Kier alpha value is -1.75. The third kappa shape index (κ3) is 3.22. The second-order valence-electron chi connectivity index (χ2n) is 4.23. The van der Waals surface area contributed by atoms with Crippen LogP contribution in [0.4, 0.5) is 14.5 Å². The molecule has 0 aromatic heterocycles. The predicted octanol–water partition coefficient (Wildman–Crippen LogP) is 4.54. The number of carbonyl (C=O) groups is 1. The third-order valence-electron chi connectivity index (χ3n) is 2.87. The summed E-state index contributed by atoms with van der Waals surface area (Å²) in [7, 11) is 0. The fraction of sp³-hybridized carbons (Fsp3) is 0.133. The quantitative estimate of drug-likeness (QED) is 0.873. The second-order valence-corrected chi connectivity index (χ2v) is 5.15. The average molecular weight is 340 g/mol. The molecule has 2 rings (SSSR count). The third-order valence-corrected chi connectivity index (χ3v) is 3.36. The van der Waals surface area contributed by atoms with Crippen LogP contribution < -0.4 is 5.32 Å². The summed E-state index contributed by atoms with van der Waals surface area (Å²) in [5.41, 5.74) is 1.18. The Morgan fingerprint density at radius 2 is 1.95 bits per heavy atom. The zero-order chi connectivity index (χ0) is 14.7. The van der Waals surface area contributed by atoms with Crippen molar-refractivity contribution in [3.63, 3.8) is 0 Å². The van der Waals surface area contributed by atoms with Gasteiger partial charge in [0.1, 0.15) is 11.6 Å². The van der Waals surface area contributed by atoms with E-state index in [1.807, 2.05) is 13.0 Å². The van der Waals surface area contributed by atoms with Gasteiger partial charge in [0.25, 0.3) is 5.91 Å². The molecular formula is C15H12BrF2NO. The molecule has 1 amide bonds. The minimum atomic E-state index is -0.751. The van der Waals surface area contributed by atoms with Crippen LogP contribution in [0.15, 0.2) is 40.9 Å². The van der Waals surface area contributed by atoms with Crippen LogP contribution in [0.1, 0.15) is 22.8 Å². The zero-order valence-corrected chi connectivity index (χ0v) is 12.3. The van der Waals surface area contributed by atoms with E-state index in [1.54, 1.807) is 12.1 Å². The first-order valence-corrected chi connectivity index (χ1v) is 6.85. The number of hydrogen-bond donors (Lipinski definition) is 1. The molecule has 104 valence electrons. The molecule has 2 aromatic carbocycles. The fourth-order valence-corrected chi connectivity index (χ4v) is 2.25. The standard InChI is InChI=1S/C15H12BrF2NO/c1-2-9-7-10(16)3-6-14(9)19-15(20)12-8-11(17)4-5-13(12)18/h3-8H,2H2,1H3,(H,19,20). The smallest absolute Gasteiger partial charge is 0.258 e. The first-order chi connectivity index (χ1) is 9.51. The van der Waals surface area contributed by atoms with Crippen molar-refractivity contribution in [2.75, 3.05) is 5.32 Å². The molecule has 0 saturated carbocycles. The molecule has 0 saturated heterocycles. The van der Waals surface area contributed by atoms with Gasteiger partial charge in [0.05, 0.1) is 5.56 Å². The molecule has 5 heteroatoms. The molecule has 0 unspecified atom stereocenters. The summed E-state index contributed by atoms with van der Waals surface area (Å²) < 4.78 is 27.5. The molecule has 0 heterocycles. The lowest BCUT2D eigenvalue weighted by molar-refractivity contribution is 0.102. The van der Waals surface area contributed by atoms with Crippen LogP contribution in [-0.4, -0.2) is 5.91 Å². The van der Waals surface area contributed by atoms with E-state index in [9.17, 15) is 13.6 Å². The first kappa shape index (κ1) is 14.7. The maximum atomic E-state index is 13.5. The van der Waals surface area contributed by atoms with Gasteiger partial charge in [-0.1, -0.05) is 22.9 Å². The Bertz CT molecular complexity index is 658. The van der Waals surface area contributed by atoms with Crippen LogP contribution >= 0.6 is 15.9 Å². The molecule has 1 N–H and O–H groups in total. The second kappa shape index (κ2) is 6.13. The van der Waals surface area contributed by atoms with Gasteiger partial charge in [0, 0.05) is 10.2 Å². The van der Waals surface area contributed by atoms with E-state index < -0.39 is 17.5 Å². The summed E-state index contributed by atoms with van der Waals surface area (Å²) >= 11 is 3.35. The minimum Gasteiger partial charge on any atom is -0.322 e. The van der Waals surface area contributed by atoms with Gasteiger partial charge < -0.3 is 5.32 Å². The number of rotatable bonds is 3. The summed E-state index contributed by atoms with van der Waals surface area (Å²) in [5, 5.41) is 2.61. The number of nitrogens with one attached hydrogen (secondary N) is 1. The maximum absolute atomic E-state index is 13.5. The number of anilines is 1. The molecule has 0 radical (unpaired) electrons. The van der Waals surface area contributed by atoms with Crippen molar-refractivity contribution >= 4 is 27.5 Å². The predicted molar refractivity (Wildman–Crippen MR) is 77.8 cm³/mol. The largest absolute Gasteiger partial charge is 0.322 e. The summed E-state index contributed by atoms with van der Waals surface area (Å²) in [5.74, 6) is -2.07. The summed E-state index contributed by atoms with van der Waals surface area (Å²) in [6.45, 7) is 1.94. The molecule has 0 atom stereocenters. The molecule has 2 nitrogen and oxygen atoms in total. The summed E-state index contributed by atoms with van der Waals surface area (Å²) in [6, 6.07) is 8.16. The van der Waals surface area contributed by atoms with E-state index in [-0.39, 0.29) is 5.56 Å². The van der Waals surface area contributed by atoms with Gasteiger partial charge >= 0.3 is 0 Å². The van der Waals surface area contributed by atoms with Crippen molar-refractivity contribution in [1.29, 1.82) is 0 Å². The van der Waals surface area contributed by atoms with Gasteiger partial charge in [0.15, 0.2) is 0 Å². The number of aryl methyl sites for hydroxylation is 1. The van der Waals surface area contributed by atoms with Crippen molar-refractivity contribution in [2.45, 2.75) is 13.3 Å². The van der Waals surface area contributed by atoms with Crippen LogP contribution in [0.5, 0.6) is 0 Å². The Balaban J connectivity index is 2.30. The van der Waals surface area contributed by atoms with E-state index >= 15 is 0 Å². The number of amides is 1. The maximum Gasteiger partial charge on any atom is 0.258 e. The lowest BCUT2D eigenvalue weighted by Crippen LogP contribution is -2.15. The molecule has 2 aromatic rings. The van der Waals surface area contributed by atoms with E-state index in [2.05, 4.69) is 21.2 Å². The molecule has 0 aliphatic carbocycles. The van der Waals surface area contributed by atoms with E-state index in [4.69, 9.17) is 0 Å². The summed E-state index contributed by atoms with van der Waals surface area (Å²) in [6.07, 6.45) is 0.709. The highest BCUT2D eigenvalue weighted by Gasteiger charge is 2.14. The van der Waals surface area contributed by atoms with Gasteiger partial charge in [-0.25, -0.2) is 8.78 Å². The molecular weight excluding hydrogens is 328 g/mol. The van der Waals surface area contributed by atoms with Gasteiger partial charge in [-0.15, -0.1) is 0 Å². The Labute approximate surface area is 123 Å².